The molecule has 0 aliphatic carbocycles. The number of carboxylic acids is 2. The number of thioether (sulfide) groups is 1. The third kappa shape index (κ3) is 3.54. The van der Waals surface area contributed by atoms with Gasteiger partial charge in [0, 0.05) is 12.2 Å². The Balaban J connectivity index is 1.88. The molecular weight excluding hydrogens is 338 g/mol. The maximum Gasteiger partial charge on any atom is 0.352 e. The van der Waals surface area contributed by atoms with Gasteiger partial charge in [0.15, 0.2) is 0 Å². The molecule has 1 fully saturated rings. The van der Waals surface area contributed by atoms with Gasteiger partial charge >= 0.3 is 11.9 Å². The Morgan fingerprint density at radius 3 is 2.67 bits per heavy atom. The van der Waals surface area contributed by atoms with Gasteiger partial charge in [0.2, 0.25) is 5.91 Å². The van der Waals surface area contributed by atoms with Gasteiger partial charge in [-0.3, -0.25) is 19.3 Å². The number of nitrogens with two attached hydrogens (primary N) is 1. The first-order valence-electron chi connectivity index (χ1n) is 7.39. The molecule has 1 saturated heterocycles. The summed E-state index contributed by atoms with van der Waals surface area (Å²) < 4.78 is 0. The van der Waals surface area contributed by atoms with E-state index in [1.165, 1.54) is 16.7 Å². The molecule has 0 aromatic carbocycles. The first-order chi connectivity index (χ1) is 11.2. The molecule has 0 aromatic rings. The topological polar surface area (TPSA) is 150 Å². The number of carbonyl (C=O) groups excluding carboxylic acids is 2. The highest BCUT2D eigenvalue weighted by Gasteiger charge is 2.53. The van der Waals surface area contributed by atoms with E-state index < -0.39 is 35.3 Å². The highest BCUT2D eigenvalue weighted by atomic mass is 32.2. The summed E-state index contributed by atoms with van der Waals surface area (Å²) in [7, 11) is 0. The number of hydrogen-bond acceptors (Lipinski definition) is 6. The molecular formula is C14H19N3O6S. The molecule has 0 aromatic heterocycles. The van der Waals surface area contributed by atoms with Gasteiger partial charge < -0.3 is 21.3 Å². The molecule has 2 unspecified atom stereocenters. The van der Waals surface area contributed by atoms with Crippen LogP contribution >= 0.6 is 11.8 Å². The first kappa shape index (κ1) is 18.3. The second kappa shape index (κ2) is 7.22. The van der Waals surface area contributed by atoms with Crippen molar-refractivity contribution in [2.75, 3.05) is 5.75 Å². The number of nitrogens with one attached hydrogen (secondary N) is 1. The summed E-state index contributed by atoms with van der Waals surface area (Å²) >= 11 is 1.40. The summed E-state index contributed by atoms with van der Waals surface area (Å²) in [6, 6.07) is -1.77. The average molecular weight is 357 g/mol. The van der Waals surface area contributed by atoms with Crippen molar-refractivity contribution in [3.8, 4) is 0 Å². The van der Waals surface area contributed by atoms with E-state index in [1.54, 1.807) is 6.92 Å². The smallest absolute Gasteiger partial charge is 0.352 e. The second-order valence-corrected chi connectivity index (χ2v) is 6.83. The maximum atomic E-state index is 12.2. The molecule has 2 aliphatic rings. The summed E-state index contributed by atoms with van der Waals surface area (Å²) in [5.74, 6) is -2.62. The van der Waals surface area contributed by atoms with Crippen LogP contribution in [0.1, 0.15) is 26.2 Å². The van der Waals surface area contributed by atoms with Crippen LogP contribution in [0.2, 0.25) is 0 Å². The highest BCUT2D eigenvalue weighted by molar-refractivity contribution is 8.00. The number of rotatable bonds is 7. The molecule has 10 heteroatoms. The standard InChI is InChI=1S/C14H19N3O6S/c1-6-5-24-12-9(11(19)17(12)10(6)14(22)23)16-8(18)4-2-3-7(15)13(20)21/h7,9,12H,2-5,15H2,1H3,(H,16,18)(H,20,21)(H,22,23)/t7-,9?,12?/m1/s1. The van der Waals surface area contributed by atoms with Crippen molar-refractivity contribution >= 4 is 35.5 Å². The van der Waals surface area contributed by atoms with E-state index in [1.807, 2.05) is 0 Å². The minimum absolute atomic E-state index is 0.0123. The van der Waals surface area contributed by atoms with Crippen LogP contribution in [0.25, 0.3) is 0 Å². The zero-order valence-corrected chi connectivity index (χ0v) is 13.8. The van der Waals surface area contributed by atoms with Crippen LogP contribution in [0.3, 0.4) is 0 Å². The van der Waals surface area contributed by atoms with Crippen molar-refractivity contribution in [2.24, 2.45) is 5.73 Å². The third-order valence-electron chi connectivity index (χ3n) is 3.91. The number of β-lactam (4-membered cyclic amide) rings is 1. The average Bonchev–Trinajstić information content (AvgIpc) is 2.51. The van der Waals surface area contributed by atoms with E-state index in [0.717, 1.165) is 0 Å². The zero-order valence-electron chi connectivity index (χ0n) is 13.0. The Morgan fingerprint density at radius 1 is 1.42 bits per heavy atom. The Morgan fingerprint density at radius 2 is 2.08 bits per heavy atom. The van der Waals surface area contributed by atoms with Crippen molar-refractivity contribution in [1.82, 2.24) is 10.2 Å². The SMILES string of the molecule is CC1=C(C(=O)O)N2C(=O)C(NC(=O)CCC[C@@H](N)C(=O)O)C2SC1. The zero-order chi connectivity index (χ0) is 18.0. The number of carbonyl (C=O) groups is 4. The molecule has 2 heterocycles. The van der Waals surface area contributed by atoms with Crippen molar-refractivity contribution in [3.05, 3.63) is 11.3 Å². The lowest BCUT2D eigenvalue weighted by molar-refractivity contribution is -0.150. The normalized spacial score (nSPS) is 24.1. The molecule has 2 rings (SSSR count). The molecule has 3 atom stereocenters. The fourth-order valence-electron chi connectivity index (χ4n) is 2.63. The summed E-state index contributed by atoms with van der Waals surface area (Å²) in [5.41, 5.74) is 5.95. The molecule has 2 amide bonds. The van der Waals surface area contributed by atoms with E-state index in [4.69, 9.17) is 10.8 Å². The molecule has 0 radical (unpaired) electrons. The van der Waals surface area contributed by atoms with Gasteiger partial charge in [0.05, 0.1) is 0 Å². The van der Waals surface area contributed by atoms with Crippen LogP contribution < -0.4 is 11.1 Å². The Labute approximate surface area is 142 Å². The minimum atomic E-state index is -1.15. The number of aliphatic carboxylic acids is 2. The van der Waals surface area contributed by atoms with Crippen LogP contribution in [0.5, 0.6) is 0 Å². The monoisotopic (exact) mass is 357 g/mol. The van der Waals surface area contributed by atoms with Crippen LogP contribution in [0.4, 0.5) is 0 Å². The lowest BCUT2D eigenvalue weighted by atomic mass is 10.0. The van der Waals surface area contributed by atoms with E-state index in [-0.39, 0.29) is 24.4 Å². The Kier molecular flexibility index (Phi) is 5.50. The highest BCUT2D eigenvalue weighted by Crippen LogP contribution is 2.40. The predicted octanol–water partition coefficient (Wildman–Crippen LogP) is -0.673. The van der Waals surface area contributed by atoms with E-state index >= 15 is 0 Å². The van der Waals surface area contributed by atoms with Crippen molar-refractivity contribution in [1.29, 1.82) is 0 Å². The van der Waals surface area contributed by atoms with Crippen LogP contribution in [-0.2, 0) is 19.2 Å². The number of fused-ring (bicyclic) bond motifs is 1. The van der Waals surface area contributed by atoms with Crippen LogP contribution in [-0.4, -0.2) is 62.1 Å². The lowest BCUT2D eigenvalue weighted by Gasteiger charge is -2.49. The fraction of sp³-hybridized carbons (Fsp3) is 0.571. The van der Waals surface area contributed by atoms with E-state index in [2.05, 4.69) is 5.32 Å². The summed E-state index contributed by atoms with van der Waals surface area (Å²) in [4.78, 5) is 47.1. The largest absolute Gasteiger partial charge is 0.480 e. The molecule has 5 N–H and O–H groups in total. The number of hydrogen-bond donors (Lipinski definition) is 4. The van der Waals surface area contributed by atoms with Gasteiger partial charge in [-0.25, -0.2) is 4.79 Å². The Hall–Kier alpha value is -2.07. The first-order valence-corrected chi connectivity index (χ1v) is 8.44. The van der Waals surface area contributed by atoms with Crippen LogP contribution in [0, 0.1) is 0 Å². The van der Waals surface area contributed by atoms with E-state index in [9.17, 15) is 24.3 Å². The quantitative estimate of drug-likeness (QED) is 0.438. The van der Waals surface area contributed by atoms with Gasteiger partial charge in [-0.15, -0.1) is 11.8 Å². The summed E-state index contributed by atoms with van der Waals surface area (Å²) in [6.45, 7) is 1.66. The second-order valence-electron chi connectivity index (χ2n) is 5.73. The fourth-order valence-corrected chi connectivity index (χ4v) is 3.92. The van der Waals surface area contributed by atoms with Gasteiger partial charge in [0.1, 0.15) is 23.2 Å². The van der Waals surface area contributed by atoms with Crippen LogP contribution in [0.15, 0.2) is 11.3 Å². The molecule has 132 valence electrons. The van der Waals surface area contributed by atoms with Crippen molar-refractivity contribution in [2.45, 2.75) is 43.6 Å². The molecule has 9 nitrogen and oxygen atoms in total. The molecule has 2 aliphatic heterocycles. The maximum absolute atomic E-state index is 12.2. The third-order valence-corrected chi connectivity index (χ3v) is 5.34. The van der Waals surface area contributed by atoms with Crippen molar-refractivity contribution < 1.29 is 29.4 Å². The van der Waals surface area contributed by atoms with Crippen molar-refractivity contribution in [3.63, 3.8) is 0 Å². The number of carboxylic acid groups (broad SMARTS) is 2. The Bertz CT molecular complexity index is 620. The number of nitrogens with zero attached hydrogens (tertiary/aromatic N) is 1. The summed E-state index contributed by atoms with van der Waals surface area (Å²) in [5, 5.41) is 20.1. The van der Waals surface area contributed by atoms with Gasteiger partial charge in [-0.05, 0) is 25.3 Å². The molecule has 0 spiro atoms. The molecule has 24 heavy (non-hydrogen) atoms. The van der Waals surface area contributed by atoms with Gasteiger partial charge in [-0.1, -0.05) is 0 Å². The summed E-state index contributed by atoms with van der Waals surface area (Å²) in [6.07, 6.45) is 0.515. The van der Waals surface area contributed by atoms with Gasteiger partial charge in [-0.2, -0.15) is 0 Å². The van der Waals surface area contributed by atoms with E-state index in [0.29, 0.717) is 17.7 Å². The lowest BCUT2D eigenvalue weighted by Crippen LogP contribution is -2.70. The molecule has 0 saturated carbocycles. The van der Waals surface area contributed by atoms with Gasteiger partial charge in [0.25, 0.3) is 5.91 Å². The number of amides is 2. The minimum Gasteiger partial charge on any atom is -0.480 e. The predicted molar refractivity (Wildman–Crippen MR) is 84.8 cm³/mol. The molecule has 0 bridgehead atoms.